The van der Waals surface area contributed by atoms with Crippen molar-refractivity contribution < 1.29 is 9.53 Å². The van der Waals surface area contributed by atoms with E-state index in [9.17, 15) is 4.79 Å². The largest absolute Gasteiger partial charge is 0.458 e. The van der Waals surface area contributed by atoms with Gasteiger partial charge in [0.25, 0.3) is 5.91 Å². The van der Waals surface area contributed by atoms with Crippen LogP contribution in [-0.4, -0.2) is 40.0 Å². The van der Waals surface area contributed by atoms with Gasteiger partial charge in [0.15, 0.2) is 0 Å². The van der Waals surface area contributed by atoms with Gasteiger partial charge in [-0.2, -0.15) is 0 Å². The molecule has 1 aliphatic heterocycles. The maximum Gasteiger partial charge on any atom is 0.316 e. The van der Waals surface area contributed by atoms with E-state index in [0.29, 0.717) is 12.6 Å². The summed E-state index contributed by atoms with van der Waals surface area (Å²) in [6, 6.07) is 6.31. The normalized spacial score (nSPS) is 17.6. The number of ether oxygens (including phenoxy) is 1. The fraction of sp³-hybridized carbons (Fsp3) is 0.389. The van der Waals surface area contributed by atoms with Crippen molar-refractivity contribution in [3.05, 3.63) is 51.8 Å². The number of carbonyl (C=O) groups is 1. The number of hydrogen-bond donors (Lipinski definition) is 0. The molecule has 2 heterocycles. The van der Waals surface area contributed by atoms with Gasteiger partial charge in [-0.05, 0) is 54.8 Å². The fourth-order valence-corrected chi connectivity index (χ4v) is 3.21. The molecule has 1 aromatic carbocycles. The molecule has 126 valence electrons. The molecule has 1 unspecified atom stereocenters. The Kier molecular flexibility index (Phi) is 5.14. The first-order valence-electron chi connectivity index (χ1n) is 8.03. The molecule has 1 saturated heterocycles. The third-order valence-electron chi connectivity index (χ3n) is 4.00. The second-order valence-corrected chi connectivity index (χ2v) is 7.11. The van der Waals surface area contributed by atoms with E-state index in [0.717, 1.165) is 40.5 Å². The summed E-state index contributed by atoms with van der Waals surface area (Å²) in [5, 5.41) is 0. The van der Waals surface area contributed by atoms with Crippen LogP contribution in [0, 0.1) is 13.8 Å². The highest BCUT2D eigenvalue weighted by Crippen LogP contribution is 2.19. The van der Waals surface area contributed by atoms with E-state index in [1.165, 1.54) is 0 Å². The van der Waals surface area contributed by atoms with Gasteiger partial charge in [0.1, 0.15) is 6.10 Å². The van der Waals surface area contributed by atoms with Crippen LogP contribution in [-0.2, 0) is 0 Å². The minimum Gasteiger partial charge on any atom is -0.458 e. The Balaban J connectivity index is 1.68. The molecule has 0 aliphatic carbocycles. The van der Waals surface area contributed by atoms with Gasteiger partial charge in [0.2, 0.25) is 0 Å². The summed E-state index contributed by atoms with van der Waals surface area (Å²) in [6.07, 6.45) is 5.05. The first-order chi connectivity index (χ1) is 11.5. The number of benzene rings is 1. The zero-order chi connectivity index (χ0) is 17.1. The molecule has 1 atom stereocenters. The summed E-state index contributed by atoms with van der Waals surface area (Å²) in [6.45, 7) is 5.34. The van der Waals surface area contributed by atoms with E-state index in [1.54, 1.807) is 12.4 Å². The number of aryl methyl sites for hydroxylation is 2. The smallest absolute Gasteiger partial charge is 0.316 e. The maximum absolute atomic E-state index is 12.8. The molecule has 0 saturated carbocycles. The molecule has 0 bridgehead atoms. The number of piperidine rings is 1. The van der Waals surface area contributed by atoms with Crippen molar-refractivity contribution in [3.63, 3.8) is 0 Å². The zero-order valence-electron chi connectivity index (χ0n) is 13.8. The predicted octanol–water partition coefficient (Wildman–Crippen LogP) is 3.54. The summed E-state index contributed by atoms with van der Waals surface area (Å²) < 4.78 is 6.65. The van der Waals surface area contributed by atoms with Crippen LogP contribution in [0.25, 0.3) is 0 Å². The topological polar surface area (TPSA) is 55.3 Å². The van der Waals surface area contributed by atoms with Crippen LogP contribution >= 0.6 is 15.9 Å². The first kappa shape index (κ1) is 16.9. The standard InChI is InChI=1S/C18H20BrN3O2/c1-12-6-13(2)8-14(7-12)17(23)22-5-3-4-16(11-22)24-18-20-9-15(19)10-21-18/h6-10,16H,3-5,11H2,1-2H3. The van der Waals surface area contributed by atoms with Crippen LogP contribution in [0.15, 0.2) is 35.1 Å². The first-order valence-corrected chi connectivity index (χ1v) is 8.82. The molecular formula is C18H20BrN3O2. The molecule has 0 radical (unpaired) electrons. The van der Waals surface area contributed by atoms with Gasteiger partial charge >= 0.3 is 6.01 Å². The third kappa shape index (κ3) is 4.12. The molecule has 2 aromatic rings. The Labute approximate surface area is 150 Å². The van der Waals surface area contributed by atoms with Gasteiger partial charge in [-0.15, -0.1) is 0 Å². The Hall–Kier alpha value is -1.95. The lowest BCUT2D eigenvalue weighted by atomic mass is 10.0. The van der Waals surface area contributed by atoms with Crippen LogP contribution in [0.4, 0.5) is 0 Å². The molecule has 5 nitrogen and oxygen atoms in total. The Morgan fingerprint density at radius 3 is 2.54 bits per heavy atom. The Bertz CT molecular complexity index is 713. The highest BCUT2D eigenvalue weighted by Gasteiger charge is 2.26. The van der Waals surface area contributed by atoms with Crippen molar-refractivity contribution in [1.82, 2.24) is 14.9 Å². The van der Waals surface area contributed by atoms with Crippen LogP contribution in [0.5, 0.6) is 6.01 Å². The lowest BCUT2D eigenvalue weighted by Crippen LogP contribution is -2.44. The summed E-state index contributed by atoms with van der Waals surface area (Å²) in [4.78, 5) is 22.9. The van der Waals surface area contributed by atoms with Crippen molar-refractivity contribution in [2.75, 3.05) is 13.1 Å². The molecular weight excluding hydrogens is 370 g/mol. The van der Waals surface area contributed by atoms with Crippen LogP contribution in [0.1, 0.15) is 34.3 Å². The van der Waals surface area contributed by atoms with E-state index >= 15 is 0 Å². The fourth-order valence-electron chi connectivity index (χ4n) is 3.01. The monoisotopic (exact) mass is 389 g/mol. The van der Waals surface area contributed by atoms with Crippen LogP contribution < -0.4 is 4.74 Å². The molecule has 24 heavy (non-hydrogen) atoms. The molecule has 0 spiro atoms. The molecule has 3 rings (SSSR count). The molecule has 0 N–H and O–H groups in total. The van der Waals surface area contributed by atoms with E-state index < -0.39 is 0 Å². The van der Waals surface area contributed by atoms with Crippen LogP contribution in [0.3, 0.4) is 0 Å². The van der Waals surface area contributed by atoms with Crippen molar-refractivity contribution in [3.8, 4) is 6.01 Å². The van der Waals surface area contributed by atoms with Gasteiger partial charge in [-0.25, -0.2) is 9.97 Å². The quantitative estimate of drug-likeness (QED) is 0.805. The number of likely N-dealkylation sites (tertiary alicyclic amines) is 1. The minimum atomic E-state index is -0.0743. The predicted molar refractivity (Wildman–Crippen MR) is 95.2 cm³/mol. The van der Waals surface area contributed by atoms with E-state index in [-0.39, 0.29) is 12.0 Å². The molecule has 1 fully saturated rings. The summed E-state index contributed by atoms with van der Waals surface area (Å²) in [5.74, 6) is 0.0619. The van der Waals surface area contributed by atoms with Gasteiger partial charge in [-0.3, -0.25) is 4.79 Å². The Morgan fingerprint density at radius 2 is 1.88 bits per heavy atom. The average molecular weight is 390 g/mol. The second-order valence-electron chi connectivity index (χ2n) is 6.19. The number of nitrogens with zero attached hydrogens (tertiary/aromatic N) is 3. The molecule has 1 amide bonds. The molecule has 6 heteroatoms. The number of amides is 1. The minimum absolute atomic E-state index is 0.0619. The maximum atomic E-state index is 12.8. The second kappa shape index (κ2) is 7.30. The van der Waals surface area contributed by atoms with E-state index in [2.05, 4.69) is 32.0 Å². The highest BCUT2D eigenvalue weighted by molar-refractivity contribution is 9.10. The SMILES string of the molecule is Cc1cc(C)cc(C(=O)N2CCCC(Oc3ncc(Br)cn3)C2)c1. The number of rotatable bonds is 3. The highest BCUT2D eigenvalue weighted by atomic mass is 79.9. The van der Waals surface area contributed by atoms with Crippen LogP contribution in [0.2, 0.25) is 0 Å². The van der Waals surface area contributed by atoms with Gasteiger partial charge in [0.05, 0.1) is 11.0 Å². The van der Waals surface area contributed by atoms with Crippen molar-refractivity contribution in [1.29, 1.82) is 0 Å². The lowest BCUT2D eigenvalue weighted by Gasteiger charge is -2.32. The number of halogens is 1. The Morgan fingerprint density at radius 1 is 1.21 bits per heavy atom. The van der Waals surface area contributed by atoms with Gasteiger partial charge in [-0.1, -0.05) is 17.2 Å². The van der Waals surface area contributed by atoms with E-state index in [1.807, 2.05) is 30.9 Å². The average Bonchev–Trinajstić information content (AvgIpc) is 2.56. The lowest BCUT2D eigenvalue weighted by molar-refractivity contribution is 0.0515. The third-order valence-corrected chi connectivity index (χ3v) is 4.41. The van der Waals surface area contributed by atoms with Crippen molar-refractivity contribution >= 4 is 21.8 Å². The summed E-state index contributed by atoms with van der Waals surface area (Å²) in [5.41, 5.74) is 2.95. The number of carbonyl (C=O) groups excluding carboxylic acids is 1. The molecule has 1 aromatic heterocycles. The van der Waals surface area contributed by atoms with Crippen molar-refractivity contribution in [2.24, 2.45) is 0 Å². The molecule has 1 aliphatic rings. The summed E-state index contributed by atoms with van der Waals surface area (Å²) in [7, 11) is 0. The number of hydrogen-bond acceptors (Lipinski definition) is 4. The van der Waals surface area contributed by atoms with Gasteiger partial charge < -0.3 is 9.64 Å². The number of aromatic nitrogens is 2. The van der Waals surface area contributed by atoms with Crippen molar-refractivity contribution in [2.45, 2.75) is 32.8 Å². The van der Waals surface area contributed by atoms with Gasteiger partial charge in [0, 0.05) is 24.5 Å². The van der Waals surface area contributed by atoms with E-state index in [4.69, 9.17) is 4.74 Å². The summed E-state index contributed by atoms with van der Waals surface area (Å²) >= 11 is 3.30. The zero-order valence-corrected chi connectivity index (χ0v) is 15.4.